The number of amides is 1. The molecule has 4 rings (SSSR count). The molecule has 0 unspecified atom stereocenters. The van der Waals surface area contributed by atoms with Crippen LogP contribution in [-0.4, -0.2) is 39.1 Å². The van der Waals surface area contributed by atoms with Gasteiger partial charge >= 0.3 is 12.1 Å². The van der Waals surface area contributed by atoms with Crippen LogP contribution in [0.4, 0.5) is 17.6 Å². The first kappa shape index (κ1) is 19.3. The fourth-order valence-corrected chi connectivity index (χ4v) is 3.89. The van der Waals surface area contributed by atoms with Crippen molar-refractivity contribution in [2.75, 3.05) is 13.2 Å². The number of halogens is 4. The normalized spacial score (nSPS) is 14.0. The SMILES string of the molecule is O=C(COc1cncc(F)c1)N1CCc2sc(-c3noc(C(F)(F)F)n3)cc2C1. The van der Waals surface area contributed by atoms with Crippen LogP contribution < -0.4 is 4.74 Å². The van der Waals surface area contributed by atoms with Gasteiger partial charge in [-0.3, -0.25) is 9.78 Å². The molecule has 152 valence electrons. The smallest absolute Gasteiger partial charge is 0.471 e. The number of rotatable bonds is 4. The Morgan fingerprint density at radius 1 is 1.31 bits per heavy atom. The molecule has 1 aliphatic heterocycles. The third kappa shape index (κ3) is 4.21. The minimum atomic E-state index is -4.71. The van der Waals surface area contributed by atoms with Crippen molar-refractivity contribution in [2.24, 2.45) is 0 Å². The van der Waals surface area contributed by atoms with E-state index in [0.29, 0.717) is 17.8 Å². The van der Waals surface area contributed by atoms with E-state index in [1.54, 1.807) is 11.0 Å². The van der Waals surface area contributed by atoms with E-state index in [-0.39, 0.29) is 30.6 Å². The zero-order valence-electron chi connectivity index (χ0n) is 14.6. The summed E-state index contributed by atoms with van der Waals surface area (Å²) in [6.07, 6.45) is -1.84. The quantitative estimate of drug-likeness (QED) is 0.593. The van der Waals surface area contributed by atoms with E-state index in [4.69, 9.17) is 4.74 Å². The van der Waals surface area contributed by atoms with Crippen LogP contribution in [0, 0.1) is 5.82 Å². The van der Waals surface area contributed by atoms with Gasteiger partial charge in [-0.25, -0.2) is 4.39 Å². The van der Waals surface area contributed by atoms with Crippen LogP contribution in [0.5, 0.6) is 5.75 Å². The molecule has 0 atom stereocenters. The number of carbonyl (C=O) groups excluding carboxylic acids is 1. The van der Waals surface area contributed by atoms with Gasteiger partial charge in [-0.05, 0) is 18.1 Å². The number of thiophene rings is 1. The van der Waals surface area contributed by atoms with Gasteiger partial charge in [0, 0.05) is 24.0 Å². The fourth-order valence-electron chi connectivity index (χ4n) is 2.80. The van der Waals surface area contributed by atoms with Crippen molar-refractivity contribution in [3.05, 3.63) is 46.7 Å². The van der Waals surface area contributed by atoms with Crippen molar-refractivity contribution in [3.63, 3.8) is 0 Å². The highest BCUT2D eigenvalue weighted by Crippen LogP contribution is 2.35. The zero-order chi connectivity index (χ0) is 20.6. The topological polar surface area (TPSA) is 81.4 Å². The molecule has 0 N–H and O–H groups in total. The van der Waals surface area contributed by atoms with Crippen molar-refractivity contribution < 1.29 is 31.6 Å². The first-order valence-electron chi connectivity index (χ1n) is 8.33. The van der Waals surface area contributed by atoms with Crippen LogP contribution in [0.1, 0.15) is 16.3 Å². The highest BCUT2D eigenvalue weighted by Gasteiger charge is 2.38. The van der Waals surface area contributed by atoms with Crippen molar-refractivity contribution >= 4 is 17.2 Å². The molecular weight excluding hydrogens is 416 g/mol. The molecule has 0 saturated carbocycles. The van der Waals surface area contributed by atoms with Gasteiger partial charge in [0.25, 0.3) is 5.91 Å². The lowest BCUT2D eigenvalue weighted by Crippen LogP contribution is -2.38. The second-order valence-corrected chi connectivity index (χ2v) is 7.31. The van der Waals surface area contributed by atoms with E-state index < -0.39 is 17.9 Å². The largest absolute Gasteiger partial charge is 0.482 e. The monoisotopic (exact) mass is 428 g/mol. The van der Waals surface area contributed by atoms with Gasteiger partial charge in [0.2, 0.25) is 5.82 Å². The molecule has 29 heavy (non-hydrogen) atoms. The number of hydrogen-bond acceptors (Lipinski definition) is 7. The summed E-state index contributed by atoms with van der Waals surface area (Å²) in [5.74, 6) is -2.27. The molecule has 0 aromatic carbocycles. The molecule has 0 aliphatic carbocycles. The number of nitrogens with zero attached hydrogens (tertiary/aromatic N) is 4. The summed E-state index contributed by atoms with van der Waals surface area (Å²) in [5.41, 5.74) is 0.801. The van der Waals surface area contributed by atoms with Crippen LogP contribution in [0.15, 0.2) is 29.0 Å². The summed E-state index contributed by atoms with van der Waals surface area (Å²) in [6.45, 7) is 0.424. The maximum absolute atomic E-state index is 13.1. The molecule has 0 spiro atoms. The van der Waals surface area contributed by atoms with Gasteiger partial charge in [0.1, 0.15) is 11.6 Å². The number of aromatic nitrogens is 3. The molecule has 4 heterocycles. The molecule has 7 nitrogen and oxygen atoms in total. The number of alkyl halides is 3. The maximum atomic E-state index is 13.1. The van der Waals surface area contributed by atoms with Crippen LogP contribution in [-0.2, 0) is 23.9 Å². The van der Waals surface area contributed by atoms with Crippen molar-refractivity contribution in [2.45, 2.75) is 19.1 Å². The van der Waals surface area contributed by atoms with Crippen molar-refractivity contribution in [3.8, 4) is 16.5 Å². The molecule has 0 bridgehead atoms. The lowest BCUT2D eigenvalue weighted by atomic mass is 10.1. The average molecular weight is 428 g/mol. The molecule has 0 fully saturated rings. The summed E-state index contributed by atoms with van der Waals surface area (Å²) in [6, 6.07) is 2.78. The van der Waals surface area contributed by atoms with Gasteiger partial charge in [-0.15, -0.1) is 11.3 Å². The third-order valence-corrected chi connectivity index (χ3v) is 5.38. The molecule has 3 aromatic heterocycles. The second kappa shape index (κ2) is 7.43. The van der Waals surface area contributed by atoms with E-state index in [9.17, 15) is 22.4 Å². The molecular formula is C17H12F4N4O3S. The Bertz CT molecular complexity index is 1050. The van der Waals surface area contributed by atoms with Gasteiger partial charge in [0.15, 0.2) is 6.61 Å². The summed E-state index contributed by atoms with van der Waals surface area (Å²) < 4.78 is 60.5. The Morgan fingerprint density at radius 3 is 2.86 bits per heavy atom. The molecule has 1 aliphatic rings. The Kier molecular flexibility index (Phi) is 4.94. The summed E-state index contributed by atoms with van der Waals surface area (Å²) in [5, 5.41) is 3.39. The Labute approximate surface area is 164 Å². The van der Waals surface area contributed by atoms with Crippen LogP contribution >= 0.6 is 11.3 Å². The number of ether oxygens (including phenoxy) is 1. The third-order valence-electron chi connectivity index (χ3n) is 4.15. The summed E-state index contributed by atoms with van der Waals surface area (Å²) in [4.78, 5) is 22.3. The number of hydrogen-bond donors (Lipinski definition) is 0. The summed E-state index contributed by atoms with van der Waals surface area (Å²) in [7, 11) is 0. The van der Waals surface area contributed by atoms with E-state index in [1.807, 2.05) is 0 Å². The van der Waals surface area contributed by atoms with Gasteiger partial charge in [0.05, 0.1) is 17.3 Å². The molecule has 3 aromatic rings. The van der Waals surface area contributed by atoms with Gasteiger partial charge in [-0.2, -0.15) is 18.2 Å². The molecule has 1 amide bonds. The number of fused-ring (bicyclic) bond motifs is 1. The second-order valence-electron chi connectivity index (χ2n) is 6.17. The minimum Gasteiger partial charge on any atom is -0.482 e. The molecule has 12 heteroatoms. The van der Waals surface area contributed by atoms with Crippen LogP contribution in [0.3, 0.4) is 0 Å². The highest BCUT2D eigenvalue weighted by molar-refractivity contribution is 7.15. The Morgan fingerprint density at radius 2 is 2.14 bits per heavy atom. The fraction of sp³-hybridized carbons (Fsp3) is 0.294. The lowest BCUT2D eigenvalue weighted by molar-refractivity contribution is -0.159. The average Bonchev–Trinajstić information content (AvgIpc) is 3.32. The van der Waals surface area contributed by atoms with E-state index in [2.05, 4.69) is 19.6 Å². The van der Waals surface area contributed by atoms with E-state index >= 15 is 0 Å². The van der Waals surface area contributed by atoms with Crippen molar-refractivity contribution in [1.82, 2.24) is 20.0 Å². The Balaban J connectivity index is 1.42. The van der Waals surface area contributed by atoms with E-state index in [0.717, 1.165) is 22.7 Å². The number of pyridine rings is 1. The van der Waals surface area contributed by atoms with Crippen LogP contribution in [0.25, 0.3) is 10.7 Å². The van der Waals surface area contributed by atoms with Gasteiger partial charge < -0.3 is 14.2 Å². The zero-order valence-corrected chi connectivity index (χ0v) is 15.4. The lowest BCUT2D eigenvalue weighted by Gasteiger charge is -2.26. The Hall–Kier alpha value is -3.02. The summed E-state index contributed by atoms with van der Waals surface area (Å²) >= 11 is 1.27. The molecule has 0 radical (unpaired) electrons. The highest BCUT2D eigenvalue weighted by atomic mass is 32.1. The first-order valence-corrected chi connectivity index (χ1v) is 9.15. The predicted octanol–water partition coefficient (Wildman–Crippen LogP) is 3.31. The number of carbonyl (C=O) groups is 1. The standard InChI is InChI=1S/C17H12F4N4O3S/c18-10-4-11(6-22-5-10)27-8-14(26)25-2-1-12-9(7-25)3-13(29-12)15-23-16(28-24-15)17(19,20)21/h3-6H,1-2,7-8H2. The molecule has 0 saturated heterocycles. The minimum absolute atomic E-state index is 0.142. The first-order chi connectivity index (χ1) is 13.8. The maximum Gasteiger partial charge on any atom is 0.471 e. The van der Waals surface area contributed by atoms with Gasteiger partial charge in [-0.1, -0.05) is 5.16 Å². The predicted molar refractivity (Wildman–Crippen MR) is 91.4 cm³/mol. The van der Waals surface area contributed by atoms with Crippen LogP contribution in [0.2, 0.25) is 0 Å². The van der Waals surface area contributed by atoms with Crippen molar-refractivity contribution in [1.29, 1.82) is 0 Å². The van der Waals surface area contributed by atoms with E-state index in [1.165, 1.54) is 17.5 Å².